The molecule has 0 aliphatic rings. The van der Waals surface area contributed by atoms with Crippen LogP contribution in [-0.4, -0.2) is 20.9 Å². The molecule has 3 aromatic carbocycles. The van der Waals surface area contributed by atoms with Crippen molar-refractivity contribution in [2.75, 3.05) is 16.2 Å². The Morgan fingerprint density at radius 1 is 0.967 bits per heavy atom. The van der Waals surface area contributed by atoms with Crippen LogP contribution in [0.1, 0.15) is 18.1 Å². The monoisotopic (exact) mass is 426 g/mol. The van der Waals surface area contributed by atoms with E-state index in [9.17, 15) is 17.6 Å². The number of rotatable bonds is 7. The predicted molar refractivity (Wildman–Crippen MR) is 117 cm³/mol. The van der Waals surface area contributed by atoms with Crippen molar-refractivity contribution in [2.24, 2.45) is 0 Å². The normalized spacial score (nSPS) is 11.2. The van der Waals surface area contributed by atoms with Gasteiger partial charge in [-0.15, -0.1) is 0 Å². The zero-order valence-corrected chi connectivity index (χ0v) is 17.6. The second-order valence-corrected chi connectivity index (χ2v) is 8.70. The van der Waals surface area contributed by atoms with Crippen LogP contribution >= 0.6 is 0 Å². The van der Waals surface area contributed by atoms with Gasteiger partial charge in [0.2, 0.25) is 5.91 Å². The molecule has 156 valence electrons. The van der Waals surface area contributed by atoms with Gasteiger partial charge in [0.1, 0.15) is 12.4 Å². The molecule has 7 heteroatoms. The Balaban J connectivity index is 2.00. The molecule has 0 saturated heterocycles. The Bertz CT molecular complexity index is 1150. The van der Waals surface area contributed by atoms with E-state index in [0.29, 0.717) is 12.1 Å². The molecule has 1 N–H and O–H groups in total. The van der Waals surface area contributed by atoms with Crippen molar-refractivity contribution in [1.82, 2.24) is 0 Å². The lowest BCUT2D eigenvalue weighted by molar-refractivity contribution is -0.114. The number of carbonyl (C=O) groups is 1. The minimum Gasteiger partial charge on any atom is -0.322 e. The van der Waals surface area contributed by atoms with Crippen LogP contribution in [0.2, 0.25) is 0 Å². The van der Waals surface area contributed by atoms with Crippen molar-refractivity contribution in [1.29, 1.82) is 0 Å². The van der Waals surface area contributed by atoms with E-state index in [2.05, 4.69) is 5.32 Å². The molecule has 0 bridgehead atoms. The number of halogens is 1. The molecule has 0 aromatic heterocycles. The molecule has 3 rings (SSSR count). The van der Waals surface area contributed by atoms with Crippen molar-refractivity contribution in [3.05, 3.63) is 89.7 Å². The van der Waals surface area contributed by atoms with Gasteiger partial charge in [-0.25, -0.2) is 12.8 Å². The van der Waals surface area contributed by atoms with Gasteiger partial charge in [0.05, 0.1) is 16.3 Å². The average molecular weight is 427 g/mol. The number of nitrogens with one attached hydrogen (secondary N) is 1. The fourth-order valence-corrected chi connectivity index (χ4v) is 4.53. The number of amides is 1. The number of sulfonamides is 1. The van der Waals surface area contributed by atoms with Gasteiger partial charge in [-0.2, -0.15) is 0 Å². The highest BCUT2D eigenvalue weighted by atomic mass is 32.2. The van der Waals surface area contributed by atoms with Gasteiger partial charge in [-0.3, -0.25) is 9.10 Å². The van der Waals surface area contributed by atoms with Gasteiger partial charge in [-0.05, 0) is 49.2 Å². The van der Waals surface area contributed by atoms with Crippen molar-refractivity contribution in [2.45, 2.75) is 25.2 Å². The fraction of sp³-hybridized carbons (Fsp3) is 0.174. The molecule has 0 radical (unpaired) electrons. The summed E-state index contributed by atoms with van der Waals surface area (Å²) in [7, 11) is -4.02. The first-order valence-electron chi connectivity index (χ1n) is 9.54. The number of carbonyl (C=O) groups excluding carboxylic acids is 1. The standard InChI is InChI=1S/C23H23FN2O3S/c1-3-18-8-4-7-11-22(18)26(30(28,29)19-14-12-17(2)13-15-19)16-23(27)25-21-10-6-5-9-20(21)24/h4-15H,3,16H2,1-2H3,(H,25,27). The van der Waals surface area contributed by atoms with E-state index in [1.807, 2.05) is 26.0 Å². The van der Waals surface area contributed by atoms with Crippen LogP contribution in [0.15, 0.2) is 77.7 Å². The number of benzene rings is 3. The molecule has 0 aliphatic carbocycles. The topological polar surface area (TPSA) is 66.5 Å². The minimum absolute atomic E-state index is 0.000962. The Labute approximate surface area is 176 Å². The van der Waals surface area contributed by atoms with Crippen LogP contribution < -0.4 is 9.62 Å². The van der Waals surface area contributed by atoms with Crippen LogP contribution in [0, 0.1) is 12.7 Å². The first-order valence-corrected chi connectivity index (χ1v) is 11.0. The lowest BCUT2D eigenvalue weighted by Gasteiger charge is -2.26. The summed E-state index contributed by atoms with van der Waals surface area (Å²) in [4.78, 5) is 12.8. The number of hydrogen-bond acceptors (Lipinski definition) is 3. The molecule has 0 unspecified atom stereocenters. The third kappa shape index (κ3) is 4.68. The second kappa shape index (κ2) is 9.09. The lowest BCUT2D eigenvalue weighted by atomic mass is 10.1. The van der Waals surface area contributed by atoms with E-state index in [1.54, 1.807) is 30.3 Å². The third-order valence-electron chi connectivity index (χ3n) is 4.69. The number of aryl methyl sites for hydroxylation is 2. The van der Waals surface area contributed by atoms with E-state index in [0.717, 1.165) is 15.4 Å². The molecule has 0 aliphatic heterocycles. The van der Waals surface area contributed by atoms with E-state index in [-0.39, 0.29) is 10.6 Å². The summed E-state index contributed by atoms with van der Waals surface area (Å²) in [6.45, 7) is 3.29. The average Bonchev–Trinajstić information content (AvgIpc) is 2.74. The first-order chi connectivity index (χ1) is 14.3. The molecule has 1 amide bonds. The van der Waals surface area contributed by atoms with Crippen LogP contribution in [0.25, 0.3) is 0 Å². The van der Waals surface area contributed by atoms with E-state index in [4.69, 9.17) is 0 Å². The number of anilines is 2. The molecular formula is C23H23FN2O3S. The fourth-order valence-electron chi connectivity index (χ4n) is 3.07. The highest BCUT2D eigenvalue weighted by Gasteiger charge is 2.28. The minimum atomic E-state index is -4.02. The largest absolute Gasteiger partial charge is 0.322 e. The summed E-state index contributed by atoms with van der Waals surface area (Å²) in [6, 6.07) is 19.2. The summed E-state index contributed by atoms with van der Waals surface area (Å²) < 4.78 is 41.9. The summed E-state index contributed by atoms with van der Waals surface area (Å²) in [5.74, 6) is -1.23. The molecule has 0 spiro atoms. The Morgan fingerprint density at radius 3 is 2.27 bits per heavy atom. The lowest BCUT2D eigenvalue weighted by Crippen LogP contribution is -2.38. The molecule has 0 saturated carbocycles. The molecule has 0 atom stereocenters. The van der Waals surface area contributed by atoms with Gasteiger partial charge in [0.25, 0.3) is 10.0 Å². The number of nitrogens with zero attached hydrogens (tertiary/aromatic N) is 1. The zero-order valence-electron chi connectivity index (χ0n) is 16.8. The smallest absolute Gasteiger partial charge is 0.264 e. The molecule has 0 heterocycles. The summed E-state index contributed by atoms with van der Waals surface area (Å²) in [5.41, 5.74) is 2.13. The van der Waals surface area contributed by atoms with Gasteiger partial charge in [-0.1, -0.05) is 55.0 Å². The SMILES string of the molecule is CCc1ccccc1N(CC(=O)Nc1ccccc1F)S(=O)(=O)c1ccc(C)cc1. The van der Waals surface area contributed by atoms with Crippen molar-refractivity contribution < 1.29 is 17.6 Å². The number of hydrogen-bond donors (Lipinski definition) is 1. The highest BCUT2D eigenvalue weighted by molar-refractivity contribution is 7.92. The van der Waals surface area contributed by atoms with Gasteiger partial charge >= 0.3 is 0 Å². The third-order valence-corrected chi connectivity index (χ3v) is 6.46. The quantitative estimate of drug-likeness (QED) is 0.604. The van der Waals surface area contributed by atoms with E-state index < -0.39 is 28.3 Å². The second-order valence-electron chi connectivity index (χ2n) is 6.84. The maximum Gasteiger partial charge on any atom is 0.264 e. The molecule has 5 nitrogen and oxygen atoms in total. The van der Waals surface area contributed by atoms with Crippen LogP contribution in [0.4, 0.5) is 15.8 Å². The Hall–Kier alpha value is -3.19. The summed E-state index contributed by atoms with van der Waals surface area (Å²) in [5, 5.41) is 2.46. The molecular weight excluding hydrogens is 403 g/mol. The van der Waals surface area contributed by atoms with Crippen LogP contribution in [0.3, 0.4) is 0 Å². The van der Waals surface area contributed by atoms with E-state index >= 15 is 0 Å². The van der Waals surface area contributed by atoms with Gasteiger partial charge < -0.3 is 5.32 Å². The molecule has 0 fully saturated rings. The summed E-state index contributed by atoms with van der Waals surface area (Å²) >= 11 is 0. The van der Waals surface area contributed by atoms with Crippen LogP contribution in [-0.2, 0) is 21.2 Å². The highest BCUT2D eigenvalue weighted by Crippen LogP contribution is 2.28. The first kappa shape index (κ1) is 21.5. The predicted octanol–water partition coefficient (Wildman–Crippen LogP) is 4.53. The van der Waals surface area contributed by atoms with Crippen molar-refractivity contribution >= 4 is 27.3 Å². The number of para-hydroxylation sites is 2. The Morgan fingerprint density at radius 2 is 1.60 bits per heavy atom. The van der Waals surface area contributed by atoms with Gasteiger partial charge in [0.15, 0.2) is 0 Å². The van der Waals surface area contributed by atoms with Crippen molar-refractivity contribution in [3.8, 4) is 0 Å². The molecule has 30 heavy (non-hydrogen) atoms. The molecule has 3 aromatic rings. The van der Waals surface area contributed by atoms with E-state index in [1.165, 1.54) is 30.3 Å². The maximum absolute atomic E-state index is 13.9. The Kier molecular flexibility index (Phi) is 6.52. The van der Waals surface area contributed by atoms with Crippen molar-refractivity contribution in [3.63, 3.8) is 0 Å². The van der Waals surface area contributed by atoms with Crippen LogP contribution in [0.5, 0.6) is 0 Å². The van der Waals surface area contributed by atoms with Gasteiger partial charge in [0, 0.05) is 0 Å². The zero-order chi connectivity index (χ0) is 21.7. The summed E-state index contributed by atoms with van der Waals surface area (Å²) in [6.07, 6.45) is 0.588. The maximum atomic E-state index is 13.9.